The van der Waals surface area contributed by atoms with Gasteiger partial charge < -0.3 is 5.32 Å². The van der Waals surface area contributed by atoms with Crippen molar-refractivity contribution in [3.05, 3.63) is 28.0 Å². The fraction of sp³-hybridized carbons (Fsp3) is 0.571. The standard InChI is InChI=1S/C14H18Cl2N2O/c1-14(5-3-2-4-6-14)9-17-13(19)10-7-11(15)18-12(16)8-10/h7-8H,2-6,9H2,1H3,(H,17,19). The first-order valence-electron chi connectivity index (χ1n) is 6.60. The number of pyridine rings is 1. The Kier molecular flexibility index (Phi) is 4.69. The Hall–Kier alpha value is -0.800. The summed E-state index contributed by atoms with van der Waals surface area (Å²) in [5.74, 6) is -0.141. The molecule has 0 aromatic carbocycles. The molecule has 19 heavy (non-hydrogen) atoms. The fourth-order valence-corrected chi connectivity index (χ4v) is 3.03. The number of nitrogens with one attached hydrogen (secondary N) is 1. The van der Waals surface area contributed by atoms with Crippen LogP contribution in [0.4, 0.5) is 0 Å². The van der Waals surface area contributed by atoms with Crippen LogP contribution in [0.5, 0.6) is 0 Å². The van der Waals surface area contributed by atoms with E-state index in [0.29, 0.717) is 12.1 Å². The minimum Gasteiger partial charge on any atom is -0.351 e. The second-order valence-corrected chi connectivity index (χ2v) is 6.33. The molecule has 0 saturated heterocycles. The molecule has 1 aliphatic carbocycles. The Morgan fingerprint density at radius 1 is 1.26 bits per heavy atom. The molecule has 0 unspecified atom stereocenters. The molecule has 1 fully saturated rings. The Balaban J connectivity index is 1.97. The number of rotatable bonds is 3. The van der Waals surface area contributed by atoms with Crippen molar-refractivity contribution < 1.29 is 4.79 Å². The molecule has 1 aromatic rings. The molecule has 1 heterocycles. The molecule has 0 atom stereocenters. The lowest BCUT2D eigenvalue weighted by atomic mass is 9.76. The maximum absolute atomic E-state index is 12.1. The van der Waals surface area contributed by atoms with Crippen molar-refractivity contribution in [1.29, 1.82) is 0 Å². The molecule has 0 aliphatic heterocycles. The number of halogens is 2. The zero-order valence-electron chi connectivity index (χ0n) is 11.0. The second-order valence-electron chi connectivity index (χ2n) is 5.56. The topological polar surface area (TPSA) is 42.0 Å². The van der Waals surface area contributed by atoms with Crippen LogP contribution in [0.3, 0.4) is 0 Å². The lowest BCUT2D eigenvalue weighted by Gasteiger charge is -2.33. The molecule has 3 nitrogen and oxygen atoms in total. The average Bonchev–Trinajstić information content (AvgIpc) is 2.36. The Morgan fingerprint density at radius 3 is 2.42 bits per heavy atom. The van der Waals surface area contributed by atoms with Gasteiger partial charge in [0.1, 0.15) is 10.3 Å². The molecule has 1 saturated carbocycles. The van der Waals surface area contributed by atoms with Gasteiger partial charge in [-0.25, -0.2) is 4.98 Å². The lowest BCUT2D eigenvalue weighted by molar-refractivity contribution is 0.0919. The quantitative estimate of drug-likeness (QED) is 0.854. The zero-order chi connectivity index (χ0) is 13.9. The van der Waals surface area contributed by atoms with Crippen LogP contribution in [-0.4, -0.2) is 17.4 Å². The third-order valence-electron chi connectivity index (χ3n) is 3.76. The monoisotopic (exact) mass is 300 g/mol. The summed E-state index contributed by atoms with van der Waals surface area (Å²) >= 11 is 11.6. The van der Waals surface area contributed by atoms with Crippen LogP contribution in [0, 0.1) is 5.41 Å². The van der Waals surface area contributed by atoms with Crippen LogP contribution < -0.4 is 5.32 Å². The Bertz CT molecular complexity index is 450. The van der Waals surface area contributed by atoms with E-state index in [-0.39, 0.29) is 21.6 Å². The minimum absolute atomic E-state index is 0.141. The van der Waals surface area contributed by atoms with Crippen LogP contribution in [-0.2, 0) is 0 Å². The van der Waals surface area contributed by atoms with Gasteiger partial charge in [0.2, 0.25) is 0 Å². The summed E-state index contributed by atoms with van der Waals surface area (Å²) in [6.07, 6.45) is 6.15. The van der Waals surface area contributed by atoms with Crippen molar-refractivity contribution in [3.8, 4) is 0 Å². The highest BCUT2D eigenvalue weighted by molar-refractivity contribution is 6.33. The third kappa shape index (κ3) is 4.08. The molecule has 0 bridgehead atoms. The smallest absolute Gasteiger partial charge is 0.251 e. The van der Waals surface area contributed by atoms with Crippen molar-refractivity contribution in [2.24, 2.45) is 5.41 Å². The van der Waals surface area contributed by atoms with E-state index in [1.54, 1.807) is 0 Å². The van der Waals surface area contributed by atoms with E-state index in [2.05, 4.69) is 17.2 Å². The molecule has 1 aromatic heterocycles. The van der Waals surface area contributed by atoms with Gasteiger partial charge in [0.25, 0.3) is 5.91 Å². The van der Waals surface area contributed by atoms with Gasteiger partial charge in [0, 0.05) is 12.1 Å². The Labute approximate surface area is 123 Å². The van der Waals surface area contributed by atoms with E-state index in [9.17, 15) is 4.79 Å². The summed E-state index contributed by atoms with van der Waals surface area (Å²) in [6, 6.07) is 3.07. The highest BCUT2D eigenvalue weighted by atomic mass is 35.5. The molecule has 104 valence electrons. The predicted octanol–water partition coefficient (Wildman–Crippen LogP) is 4.09. The van der Waals surface area contributed by atoms with Crippen molar-refractivity contribution in [3.63, 3.8) is 0 Å². The van der Waals surface area contributed by atoms with Gasteiger partial charge in [-0.15, -0.1) is 0 Å². The largest absolute Gasteiger partial charge is 0.351 e. The van der Waals surface area contributed by atoms with E-state index in [1.807, 2.05) is 0 Å². The molecule has 1 N–H and O–H groups in total. The van der Waals surface area contributed by atoms with Crippen LogP contribution in [0.2, 0.25) is 10.3 Å². The van der Waals surface area contributed by atoms with E-state index < -0.39 is 0 Å². The van der Waals surface area contributed by atoms with Gasteiger partial charge in [-0.1, -0.05) is 49.4 Å². The van der Waals surface area contributed by atoms with Gasteiger partial charge >= 0.3 is 0 Å². The maximum atomic E-state index is 12.1. The lowest BCUT2D eigenvalue weighted by Crippen LogP contribution is -2.37. The van der Waals surface area contributed by atoms with Gasteiger partial charge in [0.05, 0.1) is 0 Å². The van der Waals surface area contributed by atoms with E-state index >= 15 is 0 Å². The molecule has 2 rings (SSSR count). The molecule has 5 heteroatoms. The van der Waals surface area contributed by atoms with Crippen LogP contribution in [0.15, 0.2) is 12.1 Å². The number of amides is 1. The first-order chi connectivity index (χ1) is 8.98. The Morgan fingerprint density at radius 2 is 1.84 bits per heavy atom. The van der Waals surface area contributed by atoms with E-state index in [0.717, 1.165) is 0 Å². The van der Waals surface area contributed by atoms with Crippen molar-refractivity contribution >= 4 is 29.1 Å². The number of aromatic nitrogens is 1. The maximum Gasteiger partial charge on any atom is 0.251 e. The molecule has 0 radical (unpaired) electrons. The minimum atomic E-state index is -0.141. The van der Waals surface area contributed by atoms with Gasteiger partial charge in [-0.2, -0.15) is 0 Å². The van der Waals surface area contributed by atoms with E-state index in [1.165, 1.54) is 44.2 Å². The predicted molar refractivity (Wildman–Crippen MR) is 77.8 cm³/mol. The van der Waals surface area contributed by atoms with Gasteiger partial charge in [0.15, 0.2) is 0 Å². The fourth-order valence-electron chi connectivity index (χ4n) is 2.57. The second kappa shape index (κ2) is 6.10. The molecular formula is C14H18Cl2N2O. The van der Waals surface area contributed by atoms with Gasteiger partial charge in [-0.3, -0.25) is 4.79 Å². The van der Waals surface area contributed by atoms with E-state index in [4.69, 9.17) is 23.2 Å². The zero-order valence-corrected chi connectivity index (χ0v) is 12.5. The summed E-state index contributed by atoms with van der Waals surface area (Å²) in [7, 11) is 0. The van der Waals surface area contributed by atoms with Gasteiger partial charge in [-0.05, 0) is 30.4 Å². The number of carbonyl (C=O) groups is 1. The summed E-state index contributed by atoms with van der Waals surface area (Å²) in [5.41, 5.74) is 0.679. The highest BCUT2D eigenvalue weighted by Crippen LogP contribution is 2.34. The van der Waals surface area contributed by atoms with Crippen molar-refractivity contribution in [1.82, 2.24) is 10.3 Å². The molecule has 0 spiro atoms. The number of hydrogen-bond acceptors (Lipinski definition) is 2. The SMILES string of the molecule is CC1(CNC(=O)c2cc(Cl)nc(Cl)c2)CCCCC1. The summed E-state index contributed by atoms with van der Waals surface area (Å²) in [4.78, 5) is 15.9. The van der Waals surface area contributed by atoms with Crippen molar-refractivity contribution in [2.75, 3.05) is 6.54 Å². The molecule has 1 aliphatic rings. The highest BCUT2D eigenvalue weighted by Gasteiger charge is 2.27. The van der Waals surface area contributed by atoms with Crippen LogP contribution >= 0.6 is 23.2 Å². The summed E-state index contributed by atoms with van der Waals surface area (Å²) in [6.45, 7) is 2.93. The van der Waals surface area contributed by atoms with Crippen LogP contribution in [0.1, 0.15) is 49.4 Å². The number of hydrogen-bond donors (Lipinski definition) is 1. The van der Waals surface area contributed by atoms with Crippen LogP contribution in [0.25, 0.3) is 0 Å². The first-order valence-corrected chi connectivity index (χ1v) is 7.35. The first kappa shape index (κ1) is 14.6. The van der Waals surface area contributed by atoms with Crippen molar-refractivity contribution in [2.45, 2.75) is 39.0 Å². The number of carbonyl (C=O) groups excluding carboxylic acids is 1. The summed E-state index contributed by atoms with van der Waals surface area (Å²) in [5, 5.41) is 3.45. The molecular weight excluding hydrogens is 283 g/mol. The number of nitrogens with zero attached hydrogens (tertiary/aromatic N) is 1. The molecule has 1 amide bonds. The normalized spacial score (nSPS) is 18.1. The third-order valence-corrected chi connectivity index (χ3v) is 4.15. The average molecular weight is 301 g/mol. The summed E-state index contributed by atoms with van der Waals surface area (Å²) < 4.78 is 0.